The molecule has 1 saturated heterocycles. The zero-order chi connectivity index (χ0) is 24.7. The summed E-state index contributed by atoms with van der Waals surface area (Å²) in [5, 5.41) is 11.3. The van der Waals surface area contributed by atoms with Gasteiger partial charge in [0, 0.05) is 63.0 Å². The number of anilines is 2. The highest BCUT2D eigenvalue weighted by Gasteiger charge is 2.27. The zero-order valence-corrected chi connectivity index (χ0v) is 21.9. The molecule has 1 atom stereocenters. The van der Waals surface area contributed by atoms with Crippen LogP contribution in [0.5, 0.6) is 0 Å². The SMILES string of the molecule is COCC(C)NC1CCC(Nc2cc(-c3ccnc(NCC4(C)CCOCC4)n3)c(Cl)cn2)CC1. The Morgan fingerprint density at radius 1 is 1.17 bits per heavy atom. The first kappa shape index (κ1) is 26.1. The first-order valence-electron chi connectivity index (χ1n) is 12.8. The van der Waals surface area contributed by atoms with Gasteiger partial charge in [0.1, 0.15) is 5.82 Å². The molecule has 8 nitrogen and oxygen atoms in total. The van der Waals surface area contributed by atoms with Crippen molar-refractivity contribution in [1.82, 2.24) is 20.3 Å². The van der Waals surface area contributed by atoms with Crippen LogP contribution in [-0.2, 0) is 9.47 Å². The van der Waals surface area contributed by atoms with Crippen molar-refractivity contribution in [3.8, 4) is 11.3 Å². The topological polar surface area (TPSA) is 93.2 Å². The van der Waals surface area contributed by atoms with Crippen molar-refractivity contribution in [2.24, 2.45) is 5.41 Å². The Morgan fingerprint density at radius 3 is 2.66 bits per heavy atom. The Hall–Kier alpha value is -2.00. The lowest BCUT2D eigenvalue weighted by Gasteiger charge is -2.33. The maximum atomic E-state index is 6.54. The molecule has 2 fully saturated rings. The van der Waals surface area contributed by atoms with Gasteiger partial charge in [-0.05, 0) is 63.0 Å². The summed E-state index contributed by atoms with van der Waals surface area (Å²) in [6.45, 7) is 7.64. The van der Waals surface area contributed by atoms with Crippen LogP contribution in [0, 0.1) is 5.41 Å². The summed E-state index contributed by atoms with van der Waals surface area (Å²) in [5.74, 6) is 1.45. The minimum atomic E-state index is 0.194. The normalized spacial score (nSPS) is 23.0. The Labute approximate surface area is 214 Å². The predicted molar refractivity (Wildman–Crippen MR) is 141 cm³/mol. The van der Waals surface area contributed by atoms with Gasteiger partial charge in [-0.25, -0.2) is 15.0 Å². The first-order chi connectivity index (χ1) is 16.9. The molecule has 3 heterocycles. The molecule has 1 unspecified atom stereocenters. The summed E-state index contributed by atoms with van der Waals surface area (Å²) in [4.78, 5) is 13.7. The van der Waals surface area contributed by atoms with Crippen LogP contribution in [0.1, 0.15) is 52.4 Å². The van der Waals surface area contributed by atoms with Crippen LogP contribution < -0.4 is 16.0 Å². The van der Waals surface area contributed by atoms with Crippen LogP contribution in [0.25, 0.3) is 11.3 Å². The average molecular weight is 503 g/mol. The third-order valence-electron chi connectivity index (χ3n) is 7.18. The van der Waals surface area contributed by atoms with Crippen molar-refractivity contribution in [2.45, 2.75) is 70.5 Å². The second-order valence-electron chi connectivity index (χ2n) is 10.3. The number of hydrogen-bond acceptors (Lipinski definition) is 8. The highest BCUT2D eigenvalue weighted by atomic mass is 35.5. The van der Waals surface area contributed by atoms with Crippen LogP contribution in [0.2, 0.25) is 5.02 Å². The molecule has 0 aromatic carbocycles. The van der Waals surface area contributed by atoms with Gasteiger partial charge in [0.25, 0.3) is 0 Å². The van der Waals surface area contributed by atoms with E-state index in [2.05, 4.69) is 39.8 Å². The van der Waals surface area contributed by atoms with Crippen molar-refractivity contribution < 1.29 is 9.47 Å². The molecule has 2 aliphatic rings. The number of pyridine rings is 1. The third-order valence-corrected chi connectivity index (χ3v) is 7.48. The van der Waals surface area contributed by atoms with E-state index in [9.17, 15) is 0 Å². The quantitative estimate of drug-likeness (QED) is 0.428. The summed E-state index contributed by atoms with van der Waals surface area (Å²) in [7, 11) is 1.75. The van der Waals surface area contributed by atoms with Gasteiger partial charge < -0.3 is 25.4 Å². The number of nitrogens with zero attached hydrogens (tertiary/aromatic N) is 3. The summed E-state index contributed by atoms with van der Waals surface area (Å²) < 4.78 is 10.8. The van der Waals surface area contributed by atoms with Crippen LogP contribution in [0.4, 0.5) is 11.8 Å². The van der Waals surface area contributed by atoms with Gasteiger partial charge >= 0.3 is 0 Å². The van der Waals surface area contributed by atoms with E-state index in [-0.39, 0.29) is 5.41 Å². The van der Waals surface area contributed by atoms with Crippen LogP contribution in [0.15, 0.2) is 24.5 Å². The van der Waals surface area contributed by atoms with Gasteiger partial charge in [-0.15, -0.1) is 0 Å². The van der Waals surface area contributed by atoms with Crippen molar-refractivity contribution in [3.05, 3.63) is 29.5 Å². The highest BCUT2D eigenvalue weighted by Crippen LogP contribution is 2.31. The number of halogens is 1. The van der Waals surface area contributed by atoms with E-state index >= 15 is 0 Å². The molecule has 1 aliphatic heterocycles. The fourth-order valence-electron chi connectivity index (χ4n) is 4.96. The second-order valence-corrected chi connectivity index (χ2v) is 10.7. The Kier molecular flexibility index (Phi) is 9.16. The van der Waals surface area contributed by atoms with Gasteiger partial charge in [-0.3, -0.25) is 0 Å². The van der Waals surface area contributed by atoms with E-state index < -0.39 is 0 Å². The third kappa shape index (κ3) is 7.49. The van der Waals surface area contributed by atoms with Gasteiger partial charge in [-0.1, -0.05) is 18.5 Å². The number of ether oxygens (including phenoxy) is 2. The minimum Gasteiger partial charge on any atom is -0.383 e. The molecule has 0 spiro atoms. The molecule has 2 aromatic heterocycles. The summed E-state index contributed by atoms with van der Waals surface area (Å²) in [6, 6.07) is 5.21. The highest BCUT2D eigenvalue weighted by molar-refractivity contribution is 6.33. The largest absolute Gasteiger partial charge is 0.383 e. The van der Waals surface area contributed by atoms with E-state index in [0.717, 1.165) is 82.0 Å². The maximum absolute atomic E-state index is 6.54. The van der Waals surface area contributed by atoms with E-state index in [4.69, 9.17) is 26.1 Å². The van der Waals surface area contributed by atoms with Gasteiger partial charge in [0.15, 0.2) is 0 Å². The lowest BCUT2D eigenvalue weighted by Crippen LogP contribution is -2.42. The average Bonchev–Trinajstić information content (AvgIpc) is 2.86. The maximum Gasteiger partial charge on any atom is 0.223 e. The van der Waals surface area contributed by atoms with Crippen molar-refractivity contribution in [3.63, 3.8) is 0 Å². The number of nitrogens with one attached hydrogen (secondary N) is 3. The Bertz CT molecular complexity index is 947. The van der Waals surface area contributed by atoms with Crippen LogP contribution >= 0.6 is 11.6 Å². The van der Waals surface area contributed by atoms with Crippen molar-refractivity contribution in [2.75, 3.05) is 44.1 Å². The predicted octanol–water partition coefficient (Wildman–Crippen LogP) is 4.77. The molecule has 0 radical (unpaired) electrons. The van der Waals surface area contributed by atoms with Gasteiger partial charge in [0.05, 0.1) is 17.3 Å². The molecule has 0 bridgehead atoms. The molecule has 1 aliphatic carbocycles. The minimum absolute atomic E-state index is 0.194. The van der Waals surface area contributed by atoms with E-state index in [1.165, 1.54) is 0 Å². The number of methoxy groups -OCH3 is 1. The molecular weight excluding hydrogens is 464 g/mol. The smallest absolute Gasteiger partial charge is 0.223 e. The molecule has 1 saturated carbocycles. The summed E-state index contributed by atoms with van der Waals surface area (Å²) >= 11 is 6.54. The molecule has 9 heteroatoms. The zero-order valence-electron chi connectivity index (χ0n) is 21.1. The lowest BCUT2D eigenvalue weighted by molar-refractivity contribution is 0.0299. The number of rotatable bonds is 10. The molecule has 35 heavy (non-hydrogen) atoms. The molecule has 2 aromatic rings. The summed E-state index contributed by atoms with van der Waals surface area (Å²) in [5.41, 5.74) is 1.84. The number of aromatic nitrogens is 3. The van der Waals surface area contributed by atoms with E-state index in [0.29, 0.717) is 29.1 Å². The van der Waals surface area contributed by atoms with E-state index in [1.807, 2.05) is 12.1 Å². The molecular formula is C26H39ClN6O2. The molecule has 0 amide bonds. The van der Waals surface area contributed by atoms with E-state index in [1.54, 1.807) is 19.5 Å². The van der Waals surface area contributed by atoms with Crippen molar-refractivity contribution >= 4 is 23.4 Å². The second kappa shape index (κ2) is 12.3. The fraction of sp³-hybridized carbons (Fsp3) is 0.654. The number of hydrogen-bond donors (Lipinski definition) is 3. The Morgan fingerprint density at radius 2 is 1.91 bits per heavy atom. The van der Waals surface area contributed by atoms with Gasteiger partial charge in [0.2, 0.25) is 5.95 Å². The van der Waals surface area contributed by atoms with Crippen molar-refractivity contribution in [1.29, 1.82) is 0 Å². The summed E-state index contributed by atoms with van der Waals surface area (Å²) in [6.07, 6.45) is 10.0. The molecule has 3 N–H and O–H groups in total. The monoisotopic (exact) mass is 502 g/mol. The van der Waals surface area contributed by atoms with Crippen LogP contribution in [-0.4, -0.2) is 66.6 Å². The Balaban J connectivity index is 1.36. The molecule has 192 valence electrons. The van der Waals surface area contributed by atoms with Gasteiger partial charge in [-0.2, -0.15) is 0 Å². The first-order valence-corrected chi connectivity index (χ1v) is 13.1. The lowest BCUT2D eigenvalue weighted by atomic mass is 9.82. The molecule has 4 rings (SSSR count). The standard InChI is InChI=1S/C26H39ClN6O2/c1-18(16-34-3)31-19-4-6-20(7-5-19)32-24-14-21(22(27)15-29-24)23-8-11-28-25(33-23)30-17-26(2)9-12-35-13-10-26/h8,11,14-15,18-20,31H,4-7,9-10,12-13,16-17H2,1-3H3,(H,29,32)(H,28,30,33). The fourth-order valence-corrected chi connectivity index (χ4v) is 5.16. The van der Waals surface area contributed by atoms with Crippen LogP contribution in [0.3, 0.4) is 0 Å².